The van der Waals surface area contributed by atoms with E-state index < -0.39 is 0 Å². The molecule has 1 aromatic carbocycles. The summed E-state index contributed by atoms with van der Waals surface area (Å²) < 4.78 is 0. The van der Waals surface area contributed by atoms with Crippen LogP contribution in [0.4, 0.5) is 0 Å². The van der Waals surface area contributed by atoms with E-state index in [9.17, 15) is 4.79 Å². The van der Waals surface area contributed by atoms with E-state index in [2.05, 4.69) is 6.07 Å². The third-order valence-corrected chi connectivity index (χ3v) is 3.06. The van der Waals surface area contributed by atoms with Gasteiger partial charge in [0.05, 0.1) is 12.5 Å². The highest BCUT2D eigenvalue weighted by Crippen LogP contribution is 2.28. The quantitative estimate of drug-likeness (QED) is 0.822. The van der Waals surface area contributed by atoms with Crippen LogP contribution in [0.5, 0.6) is 0 Å². The second kappa shape index (κ2) is 5.20. The number of rotatable bonds is 4. The summed E-state index contributed by atoms with van der Waals surface area (Å²) in [6.45, 7) is 0.516. The minimum atomic E-state index is -0.000540. The van der Waals surface area contributed by atoms with Crippen molar-refractivity contribution in [3.8, 4) is 6.07 Å². The molecular weight excluding hydrogens is 236 g/mol. The largest absolute Gasteiger partial charge is 0.335 e. The second-order valence-corrected chi connectivity index (χ2v) is 4.58. The van der Waals surface area contributed by atoms with E-state index in [-0.39, 0.29) is 5.91 Å². The fraction of sp³-hybridized carbons (Fsp3) is 0.385. The molecule has 1 saturated carbocycles. The van der Waals surface area contributed by atoms with Crippen LogP contribution in [-0.4, -0.2) is 23.4 Å². The molecule has 1 aliphatic carbocycles. The highest BCUT2D eigenvalue weighted by molar-refractivity contribution is 6.30. The first-order valence-corrected chi connectivity index (χ1v) is 6.03. The van der Waals surface area contributed by atoms with Crippen molar-refractivity contribution in [2.45, 2.75) is 25.3 Å². The van der Waals surface area contributed by atoms with Gasteiger partial charge in [0.15, 0.2) is 0 Å². The van der Waals surface area contributed by atoms with Gasteiger partial charge in [0.2, 0.25) is 0 Å². The molecule has 0 radical (unpaired) electrons. The molecule has 1 aliphatic rings. The van der Waals surface area contributed by atoms with Gasteiger partial charge in [0, 0.05) is 23.2 Å². The van der Waals surface area contributed by atoms with Gasteiger partial charge in [-0.15, -0.1) is 0 Å². The summed E-state index contributed by atoms with van der Waals surface area (Å²) in [7, 11) is 0. The van der Waals surface area contributed by atoms with E-state index in [1.165, 1.54) is 0 Å². The minimum Gasteiger partial charge on any atom is -0.335 e. The molecule has 1 fully saturated rings. The van der Waals surface area contributed by atoms with Gasteiger partial charge in [-0.2, -0.15) is 5.26 Å². The van der Waals surface area contributed by atoms with Crippen LogP contribution in [0.1, 0.15) is 29.6 Å². The molecule has 0 heterocycles. The van der Waals surface area contributed by atoms with Gasteiger partial charge in [-0.3, -0.25) is 4.79 Å². The van der Waals surface area contributed by atoms with E-state index in [0.717, 1.165) is 12.8 Å². The number of carbonyl (C=O) groups is 1. The van der Waals surface area contributed by atoms with Crippen molar-refractivity contribution >= 4 is 17.5 Å². The molecule has 17 heavy (non-hydrogen) atoms. The monoisotopic (exact) mass is 248 g/mol. The number of amides is 1. The van der Waals surface area contributed by atoms with Gasteiger partial charge in [-0.25, -0.2) is 0 Å². The first-order valence-electron chi connectivity index (χ1n) is 5.66. The van der Waals surface area contributed by atoms with Crippen molar-refractivity contribution in [1.82, 2.24) is 4.90 Å². The topological polar surface area (TPSA) is 44.1 Å². The molecule has 0 unspecified atom stereocenters. The lowest BCUT2D eigenvalue weighted by Gasteiger charge is -2.21. The fourth-order valence-corrected chi connectivity index (χ4v) is 1.89. The lowest BCUT2D eigenvalue weighted by molar-refractivity contribution is 0.0747. The maximum absolute atomic E-state index is 12.2. The molecule has 0 aliphatic heterocycles. The van der Waals surface area contributed by atoms with E-state index in [1.54, 1.807) is 29.2 Å². The van der Waals surface area contributed by atoms with Crippen molar-refractivity contribution in [2.75, 3.05) is 6.54 Å². The normalized spacial score (nSPS) is 14.1. The molecule has 0 N–H and O–H groups in total. The highest BCUT2D eigenvalue weighted by atomic mass is 35.5. The van der Waals surface area contributed by atoms with Crippen LogP contribution in [0.3, 0.4) is 0 Å². The second-order valence-electron chi connectivity index (χ2n) is 4.14. The number of halogens is 1. The van der Waals surface area contributed by atoms with Crippen LogP contribution in [-0.2, 0) is 0 Å². The summed E-state index contributed by atoms with van der Waals surface area (Å²) in [5.41, 5.74) is 0.638. The molecule has 2 rings (SSSR count). The van der Waals surface area contributed by atoms with E-state index in [0.29, 0.717) is 29.6 Å². The van der Waals surface area contributed by atoms with E-state index >= 15 is 0 Å². The van der Waals surface area contributed by atoms with Gasteiger partial charge in [-0.1, -0.05) is 11.6 Å². The highest BCUT2D eigenvalue weighted by Gasteiger charge is 2.32. The third kappa shape index (κ3) is 2.98. The number of benzene rings is 1. The lowest BCUT2D eigenvalue weighted by atomic mass is 10.2. The summed E-state index contributed by atoms with van der Waals surface area (Å²) in [6, 6.07) is 9.29. The van der Waals surface area contributed by atoms with Crippen molar-refractivity contribution in [1.29, 1.82) is 5.26 Å². The Hall–Kier alpha value is -1.53. The average molecular weight is 249 g/mol. The molecule has 1 amide bonds. The van der Waals surface area contributed by atoms with E-state index in [1.807, 2.05) is 0 Å². The zero-order valence-electron chi connectivity index (χ0n) is 9.40. The third-order valence-electron chi connectivity index (χ3n) is 2.80. The molecular formula is C13H13ClN2O. The standard InChI is InChI=1S/C13H13ClN2O/c14-11-4-2-10(3-5-11)13(17)16(9-1-8-15)12-6-7-12/h2-5,12H,1,6-7,9H2. The van der Waals surface area contributed by atoms with Crippen molar-refractivity contribution in [3.63, 3.8) is 0 Å². The molecule has 4 heteroatoms. The van der Waals surface area contributed by atoms with Gasteiger partial charge in [-0.05, 0) is 37.1 Å². The van der Waals surface area contributed by atoms with Crippen molar-refractivity contribution in [3.05, 3.63) is 34.9 Å². The van der Waals surface area contributed by atoms with Crippen molar-refractivity contribution in [2.24, 2.45) is 0 Å². The van der Waals surface area contributed by atoms with Crippen LogP contribution in [0, 0.1) is 11.3 Å². The van der Waals surface area contributed by atoms with Crippen LogP contribution in [0.25, 0.3) is 0 Å². The van der Waals surface area contributed by atoms with Gasteiger partial charge >= 0.3 is 0 Å². The first-order chi connectivity index (χ1) is 8.22. The number of carbonyl (C=O) groups excluding carboxylic acids is 1. The maximum atomic E-state index is 12.2. The number of nitrogens with zero attached hydrogens (tertiary/aromatic N) is 2. The summed E-state index contributed by atoms with van der Waals surface area (Å²) in [5, 5.41) is 9.22. The Labute approximate surface area is 106 Å². The minimum absolute atomic E-state index is 0.000540. The predicted octanol–water partition coefficient (Wildman–Crippen LogP) is 2.86. The first kappa shape index (κ1) is 11.9. The van der Waals surface area contributed by atoms with Crippen LogP contribution in [0.15, 0.2) is 24.3 Å². The summed E-state index contributed by atoms with van der Waals surface area (Å²) in [4.78, 5) is 14.0. The Balaban J connectivity index is 2.10. The Bertz CT molecular complexity index is 445. The average Bonchev–Trinajstić information content (AvgIpc) is 3.14. The van der Waals surface area contributed by atoms with Crippen LogP contribution >= 0.6 is 11.6 Å². The summed E-state index contributed by atoms with van der Waals surface area (Å²) >= 11 is 5.79. The molecule has 0 aromatic heterocycles. The predicted molar refractivity (Wildman–Crippen MR) is 65.7 cm³/mol. The summed E-state index contributed by atoms with van der Waals surface area (Å²) in [6.07, 6.45) is 2.48. The molecule has 88 valence electrons. The maximum Gasteiger partial charge on any atom is 0.254 e. The van der Waals surface area contributed by atoms with E-state index in [4.69, 9.17) is 16.9 Å². The molecule has 0 saturated heterocycles. The molecule has 1 aromatic rings. The number of hydrogen-bond donors (Lipinski definition) is 0. The lowest BCUT2D eigenvalue weighted by Crippen LogP contribution is -2.33. The van der Waals surface area contributed by atoms with Crippen LogP contribution in [0.2, 0.25) is 5.02 Å². The number of nitriles is 1. The van der Waals surface area contributed by atoms with Gasteiger partial charge in [0.25, 0.3) is 5.91 Å². The fourth-order valence-electron chi connectivity index (χ4n) is 1.76. The molecule has 0 bridgehead atoms. The molecule has 3 nitrogen and oxygen atoms in total. The molecule has 0 atom stereocenters. The Morgan fingerprint density at radius 2 is 2.06 bits per heavy atom. The number of hydrogen-bond acceptors (Lipinski definition) is 2. The Kier molecular flexibility index (Phi) is 3.65. The smallest absolute Gasteiger partial charge is 0.254 e. The molecule has 0 spiro atoms. The van der Waals surface area contributed by atoms with Crippen molar-refractivity contribution < 1.29 is 4.79 Å². The Morgan fingerprint density at radius 1 is 1.41 bits per heavy atom. The Morgan fingerprint density at radius 3 is 2.59 bits per heavy atom. The van der Waals surface area contributed by atoms with Gasteiger partial charge < -0.3 is 4.90 Å². The van der Waals surface area contributed by atoms with Gasteiger partial charge in [0.1, 0.15) is 0 Å². The summed E-state index contributed by atoms with van der Waals surface area (Å²) in [5.74, 6) is -0.000540. The van der Waals surface area contributed by atoms with Crippen LogP contribution < -0.4 is 0 Å². The SMILES string of the molecule is N#CCCN(C(=O)c1ccc(Cl)cc1)C1CC1. The zero-order chi connectivity index (χ0) is 12.3. The zero-order valence-corrected chi connectivity index (χ0v) is 10.2.